The van der Waals surface area contributed by atoms with Gasteiger partial charge in [0.1, 0.15) is 5.72 Å². The number of anilines is 1. The van der Waals surface area contributed by atoms with E-state index in [0.29, 0.717) is 0 Å². The number of ether oxygens (including phenoxy) is 1. The first kappa shape index (κ1) is 15.8. The van der Waals surface area contributed by atoms with Gasteiger partial charge in [0.05, 0.1) is 0 Å². The second-order valence-electron chi connectivity index (χ2n) is 5.81. The fourth-order valence-corrected chi connectivity index (χ4v) is 2.31. The normalized spacial score (nSPS) is 11.4. The SMILES string of the molecule is COC(C)(C)N(C(C)=C(C)C)c1c(C)cccc1C. The molecule has 0 unspecified atom stereocenters. The molecule has 0 N–H and O–H groups in total. The molecule has 0 saturated heterocycles. The molecule has 1 aromatic carbocycles. The van der Waals surface area contributed by atoms with Crippen molar-refractivity contribution in [2.24, 2.45) is 0 Å². The van der Waals surface area contributed by atoms with Gasteiger partial charge in [0.2, 0.25) is 0 Å². The van der Waals surface area contributed by atoms with Crippen molar-refractivity contribution in [3.8, 4) is 0 Å². The van der Waals surface area contributed by atoms with E-state index in [0.717, 1.165) is 0 Å². The minimum Gasteiger partial charge on any atom is -0.359 e. The molecule has 0 spiro atoms. The quantitative estimate of drug-likeness (QED) is 0.721. The van der Waals surface area contributed by atoms with Crippen LogP contribution < -0.4 is 4.90 Å². The van der Waals surface area contributed by atoms with Crippen molar-refractivity contribution in [1.82, 2.24) is 0 Å². The number of methoxy groups -OCH3 is 1. The second-order valence-corrected chi connectivity index (χ2v) is 5.81. The van der Waals surface area contributed by atoms with Crippen molar-refractivity contribution in [1.29, 1.82) is 0 Å². The number of para-hydroxylation sites is 1. The molecule has 1 rings (SSSR count). The zero-order valence-corrected chi connectivity index (χ0v) is 13.6. The molecule has 2 heteroatoms. The maximum Gasteiger partial charge on any atom is 0.139 e. The van der Waals surface area contributed by atoms with Crippen LogP contribution in [0.5, 0.6) is 0 Å². The topological polar surface area (TPSA) is 12.5 Å². The zero-order valence-electron chi connectivity index (χ0n) is 13.6. The highest BCUT2D eigenvalue weighted by atomic mass is 16.5. The molecule has 0 aliphatic carbocycles. The fourth-order valence-electron chi connectivity index (χ4n) is 2.31. The maximum absolute atomic E-state index is 5.73. The number of hydrogen-bond donors (Lipinski definition) is 0. The summed E-state index contributed by atoms with van der Waals surface area (Å²) < 4.78 is 5.73. The Hall–Kier alpha value is -1.28. The summed E-state index contributed by atoms with van der Waals surface area (Å²) in [6.45, 7) is 14.9. The van der Waals surface area contributed by atoms with E-state index < -0.39 is 0 Å². The van der Waals surface area contributed by atoms with Crippen molar-refractivity contribution in [3.63, 3.8) is 0 Å². The highest BCUT2D eigenvalue weighted by Gasteiger charge is 2.30. The first-order valence-corrected chi connectivity index (χ1v) is 6.78. The zero-order chi connectivity index (χ0) is 14.8. The van der Waals surface area contributed by atoms with Crippen LogP contribution in [0.1, 0.15) is 45.7 Å². The number of hydrogen-bond acceptors (Lipinski definition) is 2. The van der Waals surface area contributed by atoms with Gasteiger partial charge in [-0.25, -0.2) is 0 Å². The van der Waals surface area contributed by atoms with Crippen molar-refractivity contribution in [2.45, 2.75) is 54.2 Å². The minimum absolute atomic E-state index is 0.377. The lowest BCUT2D eigenvalue weighted by Gasteiger charge is -2.42. The standard InChI is InChI=1S/C17H27NO/c1-12(2)15(5)18(17(6,7)19-8)16-13(3)10-9-11-14(16)4/h9-11H,1-8H3. The molecular weight excluding hydrogens is 234 g/mol. The molecule has 0 bridgehead atoms. The van der Waals surface area contributed by atoms with E-state index in [9.17, 15) is 0 Å². The molecule has 0 aliphatic heterocycles. The highest BCUT2D eigenvalue weighted by Crippen LogP contribution is 2.35. The predicted octanol–water partition coefficient (Wildman–Crippen LogP) is 4.81. The van der Waals surface area contributed by atoms with Gasteiger partial charge in [-0.15, -0.1) is 0 Å². The van der Waals surface area contributed by atoms with E-state index in [4.69, 9.17) is 4.74 Å². The molecule has 0 aromatic heterocycles. The molecule has 2 nitrogen and oxygen atoms in total. The van der Waals surface area contributed by atoms with E-state index in [2.05, 4.69) is 71.6 Å². The third-order valence-electron chi connectivity index (χ3n) is 3.76. The van der Waals surface area contributed by atoms with Crippen LogP contribution in [0.4, 0.5) is 5.69 Å². The summed E-state index contributed by atoms with van der Waals surface area (Å²) in [6, 6.07) is 6.41. The summed E-state index contributed by atoms with van der Waals surface area (Å²) in [4.78, 5) is 2.30. The lowest BCUT2D eigenvalue weighted by molar-refractivity contribution is 0.0250. The average Bonchev–Trinajstić information content (AvgIpc) is 2.32. The van der Waals surface area contributed by atoms with Crippen LogP contribution in [-0.4, -0.2) is 12.8 Å². The van der Waals surface area contributed by atoms with Crippen LogP contribution in [0, 0.1) is 13.8 Å². The summed E-state index contributed by atoms with van der Waals surface area (Å²) in [5.74, 6) is 0. The average molecular weight is 261 g/mol. The molecular formula is C17H27NO. The van der Waals surface area contributed by atoms with Gasteiger partial charge in [-0.3, -0.25) is 0 Å². The first-order chi connectivity index (χ1) is 8.72. The van der Waals surface area contributed by atoms with Gasteiger partial charge in [-0.05, 0) is 59.6 Å². The monoisotopic (exact) mass is 261 g/mol. The van der Waals surface area contributed by atoms with Crippen molar-refractivity contribution in [3.05, 3.63) is 40.6 Å². The number of benzene rings is 1. The third kappa shape index (κ3) is 3.19. The summed E-state index contributed by atoms with van der Waals surface area (Å²) in [5.41, 5.74) is 5.94. The fraction of sp³-hybridized carbons (Fsp3) is 0.529. The number of rotatable bonds is 4. The van der Waals surface area contributed by atoms with Gasteiger partial charge in [0.25, 0.3) is 0 Å². The highest BCUT2D eigenvalue weighted by molar-refractivity contribution is 5.64. The van der Waals surface area contributed by atoms with Crippen molar-refractivity contribution >= 4 is 5.69 Å². The van der Waals surface area contributed by atoms with Gasteiger partial charge >= 0.3 is 0 Å². The first-order valence-electron chi connectivity index (χ1n) is 6.78. The van der Waals surface area contributed by atoms with E-state index in [-0.39, 0.29) is 5.72 Å². The van der Waals surface area contributed by atoms with E-state index in [1.54, 1.807) is 7.11 Å². The molecule has 19 heavy (non-hydrogen) atoms. The molecule has 0 radical (unpaired) electrons. The Morgan fingerprint density at radius 3 is 1.89 bits per heavy atom. The summed E-state index contributed by atoms with van der Waals surface area (Å²) in [7, 11) is 1.76. The number of allylic oxidation sites excluding steroid dienone is 2. The summed E-state index contributed by atoms with van der Waals surface area (Å²) in [5, 5.41) is 0. The molecule has 0 amide bonds. The van der Waals surface area contributed by atoms with Crippen LogP contribution >= 0.6 is 0 Å². The van der Waals surface area contributed by atoms with E-state index in [1.165, 1.54) is 28.1 Å². The Labute approximate surface area is 118 Å². The van der Waals surface area contributed by atoms with Crippen LogP contribution in [0.3, 0.4) is 0 Å². The molecule has 1 aromatic rings. The van der Waals surface area contributed by atoms with Gasteiger partial charge in [-0.1, -0.05) is 23.8 Å². The smallest absolute Gasteiger partial charge is 0.139 e. The lowest BCUT2D eigenvalue weighted by Crippen LogP contribution is -2.45. The van der Waals surface area contributed by atoms with Crippen LogP contribution in [0.2, 0.25) is 0 Å². The summed E-state index contributed by atoms with van der Waals surface area (Å²) in [6.07, 6.45) is 0. The van der Waals surface area contributed by atoms with E-state index in [1.807, 2.05) is 0 Å². The predicted molar refractivity (Wildman–Crippen MR) is 83.5 cm³/mol. The molecule has 0 aliphatic rings. The van der Waals surface area contributed by atoms with Crippen LogP contribution in [0.25, 0.3) is 0 Å². The van der Waals surface area contributed by atoms with Crippen LogP contribution in [-0.2, 0) is 4.74 Å². The number of aryl methyl sites for hydroxylation is 2. The van der Waals surface area contributed by atoms with Gasteiger partial charge in [-0.2, -0.15) is 0 Å². The van der Waals surface area contributed by atoms with Gasteiger partial charge in [0, 0.05) is 18.5 Å². The summed E-state index contributed by atoms with van der Waals surface area (Å²) >= 11 is 0. The minimum atomic E-state index is -0.377. The van der Waals surface area contributed by atoms with E-state index >= 15 is 0 Å². The van der Waals surface area contributed by atoms with Crippen molar-refractivity contribution < 1.29 is 4.74 Å². The maximum atomic E-state index is 5.73. The lowest BCUT2D eigenvalue weighted by atomic mass is 10.0. The third-order valence-corrected chi connectivity index (χ3v) is 3.76. The Bertz CT molecular complexity index is 462. The van der Waals surface area contributed by atoms with Crippen LogP contribution in [0.15, 0.2) is 29.5 Å². The Kier molecular flexibility index (Phi) is 4.81. The van der Waals surface area contributed by atoms with Gasteiger partial charge in [0.15, 0.2) is 0 Å². The second kappa shape index (κ2) is 5.79. The molecule has 0 atom stereocenters. The van der Waals surface area contributed by atoms with Crippen molar-refractivity contribution in [2.75, 3.05) is 12.0 Å². The van der Waals surface area contributed by atoms with Gasteiger partial charge < -0.3 is 9.64 Å². The largest absolute Gasteiger partial charge is 0.359 e. The molecule has 106 valence electrons. The molecule has 0 saturated carbocycles. The Morgan fingerprint density at radius 1 is 1.05 bits per heavy atom. The number of nitrogens with zero attached hydrogens (tertiary/aromatic N) is 1. The molecule has 0 fully saturated rings. The molecule has 0 heterocycles. The Morgan fingerprint density at radius 2 is 1.53 bits per heavy atom. The Balaban J connectivity index is 3.54.